The number of benzene rings is 1. The summed E-state index contributed by atoms with van der Waals surface area (Å²) in [4.78, 5) is 12.5. The van der Waals surface area contributed by atoms with E-state index in [0.29, 0.717) is 17.4 Å². The lowest BCUT2D eigenvalue weighted by molar-refractivity contribution is 0.0953. The highest BCUT2D eigenvalue weighted by molar-refractivity contribution is 5.99. The normalized spacial score (nSPS) is 23.2. The van der Waals surface area contributed by atoms with Gasteiger partial charge in [-0.3, -0.25) is 4.79 Å². The molecule has 2 aromatic rings. The van der Waals surface area contributed by atoms with Crippen LogP contribution in [0.3, 0.4) is 0 Å². The van der Waals surface area contributed by atoms with E-state index < -0.39 is 0 Å². The quantitative estimate of drug-likeness (QED) is 0.679. The van der Waals surface area contributed by atoms with Crippen LogP contribution >= 0.6 is 0 Å². The summed E-state index contributed by atoms with van der Waals surface area (Å²) in [7, 11) is 0. The first-order chi connectivity index (χ1) is 11.6. The van der Waals surface area contributed by atoms with Gasteiger partial charge in [-0.15, -0.1) is 0 Å². The zero-order valence-electron chi connectivity index (χ0n) is 14.0. The monoisotopic (exact) mass is 319 g/mol. The van der Waals surface area contributed by atoms with Gasteiger partial charge in [-0.2, -0.15) is 5.10 Å². The maximum Gasteiger partial charge on any atom is 0.273 e. The number of aromatic nitrogens is 1. The number of rotatable bonds is 3. The van der Waals surface area contributed by atoms with Crippen molar-refractivity contribution in [2.24, 2.45) is 16.9 Å². The second kappa shape index (κ2) is 5.78. The van der Waals surface area contributed by atoms with Crippen molar-refractivity contribution >= 4 is 11.6 Å². The number of carbonyl (C=O) groups excluding carboxylic acids is 1. The first kappa shape index (κ1) is 14.9. The van der Waals surface area contributed by atoms with Crippen molar-refractivity contribution in [2.45, 2.75) is 26.7 Å². The predicted molar refractivity (Wildman–Crippen MR) is 95.5 cm³/mol. The molecule has 4 nitrogen and oxygen atoms in total. The number of hydrogen-bond acceptors (Lipinski definition) is 2. The Morgan fingerprint density at radius 3 is 2.79 bits per heavy atom. The molecule has 1 fully saturated rings. The second-order valence-corrected chi connectivity index (χ2v) is 6.65. The predicted octanol–water partition coefficient (Wildman–Crippen LogP) is 3.78. The van der Waals surface area contributed by atoms with Crippen molar-refractivity contribution in [3.05, 3.63) is 65.5 Å². The fourth-order valence-electron chi connectivity index (χ4n) is 3.81. The van der Waals surface area contributed by atoms with Crippen LogP contribution in [0.2, 0.25) is 0 Å². The van der Waals surface area contributed by atoms with Gasteiger partial charge in [0.15, 0.2) is 0 Å². The van der Waals surface area contributed by atoms with E-state index in [4.69, 9.17) is 0 Å². The standard InChI is InChI=1S/C20H21N3O/c1-13-11-18(14(2)23(13)16-8-4-3-5-9-16)20(24)22-21-19-12-15-7-6-10-17(15)19/h3-6,8-11,15,17H,7,12H2,1-2H3,(H,22,24)/b21-19-. The largest absolute Gasteiger partial charge is 0.318 e. The summed E-state index contributed by atoms with van der Waals surface area (Å²) in [5.74, 6) is 1.02. The number of hydrogen-bond donors (Lipinski definition) is 1. The van der Waals surface area contributed by atoms with E-state index in [2.05, 4.69) is 27.2 Å². The Labute approximate surface area is 141 Å². The van der Waals surface area contributed by atoms with Gasteiger partial charge in [0.25, 0.3) is 5.91 Å². The fraction of sp³-hybridized carbons (Fsp3) is 0.300. The Morgan fingerprint density at radius 2 is 2.04 bits per heavy atom. The Hall–Kier alpha value is -2.62. The summed E-state index contributed by atoms with van der Waals surface area (Å²) in [5.41, 5.74) is 7.56. The number of aryl methyl sites for hydroxylation is 1. The lowest BCUT2D eigenvalue weighted by Crippen LogP contribution is -2.35. The van der Waals surface area contributed by atoms with Crippen LogP contribution in [-0.4, -0.2) is 16.2 Å². The number of nitrogens with zero attached hydrogens (tertiary/aromatic N) is 2. The van der Waals surface area contributed by atoms with E-state index >= 15 is 0 Å². The van der Waals surface area contributed by atoms with E-state index in [1.165, 1.54) is 0 Å². The van der Waals surface area contributed by atoms with E-state index in [9.17, 15) is 4.79 Å². The minimum atomic E-state index is -0.136. The Kier molecular flexibility index (Phi) is 3.60. The molecule has 0 aliphatic heterocycles. The Morgan fingerprint density at radius 1 is 1.25 bits per heavy atom. The molecule has 122 valence electrons. The molecule has 1 amide bonds. The number of hydrazone groups is 1. The van der Waals surface area contributed by atoms with Gasteiger partial charge in [0.1, 0.15) is 0 Å². The molecular weight excluding hydrogens is 298 g/mol. The first-order valence-corrected chi connectivity index (χ1v) is 8.43. The summed E-state index contributed by atoms with van der Waals surface area (Å²) in [5, 5.41) is 4.36. The highest BCUT2D eigenvalue weighted by Crippen LogP contribution is 2.40. The topological polar surface area (TPSA) is 46.4 Å². The van der Waals surface area contributed by atoms with Gasteiger partial charge >= 0.3 is 0 Å². The Balaban J connectivity index is 1.55. The molecule has 1 N–H and O–H groups in total. The molecule has 24 heavy (non-hydrogen) atoms. The Bertz CT molecular complexity index is 845. The van der Waals surface area contributed by atoms with Crippen LogP contribution in [-0.2, 0) is 0 Å². The van der Waals surface area contributed by atoms with Crippen LogP contribution in [0.25, 0.3) is 5.69 Å². The van der Waals surface area contributed by atoms with E-state index in [1.807, 2.05) is 50.2 Å². The summed E-state index contributed by atoms with van der Waals surface area (Å²) >= 11 is 0. The molecule has 0 bridgehead atoms. The third-order valence-corrected chi connectivity index (χ3v) is 5.14. The first-order valence-electron chi connectivity index (χ1n) is 8.43. The molecule has 0 spiro atoms. The molecule has 4 rings (SSSR count). The summed E-state index contributed by atoms with van der Waals surface area (Å²) in [6, 6.07) is 12.0. The fourth-order valence-corrected chi connectivity index (χ4v) is 3.81. The third-order valence-electron chi connectivity index (χ3n) is 5.14. The van der Waals surface area contributed by atoms with Gasteiger partial charge < -0.3 is 4.57 Å². The van der Waals surface area contributed by atoms with E-state index in [-0.39, 0.29) is 5.91 Å². The van der Waals surface area contributed by atoms with Crippen LogP contribution in [0.4, 0.5) is 0 Å². The molecule has 2 aliphatic carbocycles. The molecule has 4 heteroatoms. The van der Waals surface area contributed by atoms with Crippen molar-refractivity contribution in [1.29, 1.82) is 0 Å². The average molecular weight is 319 g/mol. The van der Waals surface area contributed by atoms with Crippen molar-refractivity contribution < 1.29 is 4.79 Å². The second-order valence-electron chi connectivity index (χ2n) is 6.65. The van der Waals surface area contributed by atoms with Crippen LogP contribution < -0.4 is 5.43 Å². The van der Waals surface area contributed by atoms with Gasteiger partial charge in [-0.1, -0.05) is 30.4 Å². The van der Waals surface area contributed by atoms with Crippen LogP contribution in [0.15, 0.2) is 53.7 Å². The van der Waals surface area contributed by atoms with Crippen molar-refractivity contribution in [3.8, 4) is 5.69 Å². The average Bonchev–Trinajstić information content (AvgIpc) is 3.08. The SMILES string of the molecule is Cc1cc(C(=O)N/N=C2/CC3CC=CC23)c(C)n1-c1ccccc1. The van der Waals surface area contributed by atoms with Gasteiger partial charge in [0, 0.05) is 28.7 Å². The van der Waals surface area contributed by atoms with Crippen molar-refractivity contribution in [1.82, 2.24) is 9.99 Å². The highest BCUT2D eigenvalue weighted by Gasteiger charge is 2.38. The smallest absolute Gasteiger partial charge is 0.273 e. The molecule has 2 unspecified atom stereocenters. The molecule has 2 atom stereocenters. The van der Waals surface area contributed by atoms with E-state index in [0.717, 1.165) is 35.6 Å². The summed E-state index contributed by atoms with van der Waals surface area (Å²) < 4.78 is 2.10. The minimum absolute atomic E-state index is 0.136. The van der Waals surface area contributed by atoms with E-state index in [1.54, 1.807) is 0 Å². The lowest BCUT2D eigenvalue weighted by Gasteiger charge is -2.31. The number of para-hydroxylation sites is 1. The number of allylic oxidation sites excluding steroid dienone is 2. The van der Waals surface area contributed by atoms with Crippen LogP contribution in [0.5, 0.6) is 0 Å². The lowest BCUT2D eigenvalue weighted by atomic mass is 9.74. The minimum Gasteiger partial charge on any atom is -0.318 e. The third kappa shape index (κ3) is 2.39. The van der Waals surface area contributed by atoms with Gasteiger partial charge in [0.2, 0.25) is 0 Å². The molecule has 1 saturated carbocycles. The maximum atomic E-state index is 12.5. The molecule has 1 aromatic carbocycles. The molecule has 0 radical (unpaired) electrons. The van der Waals surface area contributed by atoms with Gasteiger partial charge in [-0.25, -0.2) is 5.43 Å². The molecule has 2 aliphatic rings. The van der Waals surface area contributed by atoms with Crippen molar-refractivity contribution in [2.75, 3.05) is 0 Å². The zero-order chi connectivity index (χ0) is 16.7. The number of carbonyl (C=O) groups is 1. The van der Waals surface area contributed by atoms with Gasteiger partial charge in [-0.05, 0) is 50.8 Å². The van der Waals surface area contributed by atoms with Crippen LogP contribution in [0, 0.1) is 25.7 Å². The number of nitrogens with one attached hydrogen (secondary N) is 1. The van der Waals surface area contributed by atoms with Crippen LogP contribution in [0.1, 0.15) is 34.6 Å². The van der Waals surface area contributed by atoms with Gasteiger partial charge in [0.05, 0.1) is 5.56 Å². The summed E-state index contributed by atoms with van der Waals surface area (Å²) in [6.45, 7) is 3.99. The molecule has 1 aromatic heterocycles. The molecular formula is C20H21N3O. The highest BCUT2D eigenvalue weighted by atomic mass is 16.2. The number of fused-ring (bicyclic) bond motifs is 1. The number of amides is 1. The van der Waals surface area contributed by atoms with Crippen molar-refractivity contribution in [3.63, 3.8) is 0 Å². The summed E-state index contributed by atoms with van der Waals surface area (Å²) in [6.07, 6.45) is 6.57. The molecule has 0 saturated heterocycles. The zero-order valence-corrected chi connectivity index (χ0v) is 14.0. The maximum absolute atomic E-state index is 12.5. The molecule has 1 heterocycles.